The summed E-state index contributed by atoms with van der Waals surface area (Å²) < 4.78 is 29.7. The fourth-order valence-corrected chi connectivity index (χ4v) is 5.42. The Bertz CT molecular complexity index is 1280. The fraction of sp³-hybridized carbons (Fsp3) is 0.0476. The Hall–Kier alpha value is -3.21. The molecule has 0 fully saturated rings. The van der Waals surface area contributed by atoms with E-state index in [2.05, 4.69) is 9.71 Å². The Kier molecular flexibility index (Phi) is 7.29. The highest BCUT2D eigenvalue weighted by atomic mass is 35.5. The average Bonchev–Trinajstić information content (AvgIpc) is 2.72. The Labute approximate surface area is 194 Å². The predicted octanol–water partition coefficient (Wildman–Crippen LogP) is 3.55. The normalized spacial score (nSPS) is 11.8. The molecule has 0 saturated heterocycles. The Balaban J connectivity index is 1.98. The number of nitrogens with two attached hydrogens (primary N) is 2. The predicted molar refractivity (Wildman–Crippen MR) is 127 cm³/mol. The number of primary amides is 1. The van der Waals surface area contributed by atoms with Gasteiger partial charge in [0.2, 0.25) is 11.9 Å². The molecular weight excluding hydrogens is 472 g/mol. The van der Waals surface area contributed by atoms with Crippen LogP contribution < -0.4 is 16.8 Å². The van der Waals surface area contributed by atoms with Gasteiger partial charge in [-0.3, -0.25) is 4.79 Å². The molecule has 3 aromatic carbocycles. The van der Waals surface area contributed by atoms with Gasteiger partial charge >= 0.3 is 0 Å². The van der Waals surface area contributed by atoms with Gasteiger partial charge in [-0.25, -0.2) is 0 Å². The van der Waals surface area contributed by atoms with Crippen molar-refractivity contribution in [2.45, 2.75) is 15.5 Å². The summed E-state index contributed by atoms with van der Waals surface area (Å²) in [6.45, 7) is 0. The highest BCUT2D eigenvalue weighted by Crippen LogP contribution is 2.35. The number of anilines is 1. The Morgan fingerprint density at radius 2 is 1.78 bits per heavy atom. The summed E-state index contributed by atoms with van der Waals surface area (Å²) in [6, 6.07) is 17.8. The number of thioether (sulfide) groups is 1. The number of rotatable bonds is 7. The molecule has 0 saturated carbocycles. The third-order valence-electron chi connectivity index (χ3n) is 4.15. The van der Waals surface area contributed by atoms with E-state index in [1.165, 1.54) is 30.0 Å². The third kappa shape index (κ3) is 5.94. The molecule has 0 aromatic heterocycles. The molecule has 0 aliphatic rings. The van der Waals surface area contributed by atoms with Crippen molar-refractivity contribution in [1.82, 2.24) is 0 Å². The number of carbonyl (C=O) groups excluding carboxylic acids is 1. The maximum Gasteiger partial charge on any atom is 0.286 e. The number of nitrogens with zero attached hydrogens (tertiary/aromatic N) is 1. The lowest BCUT2D eigenvalue weighted by Crippen LogP contribution is -2.24. The minimum Gasteiger partial charge on any atom is -0.508 e. The van der Waals surface area contributed by atoms with Crippen molar-refractivity contribution < 1.29 is 18.3 Å². The van der Waals surface area contributed by atoms with Crippen LogP contribution in [0.3, 0.4) is 0 Å². The molecule has 32 heavy (non-hydrogen) atoms. The number of benzene rings is 3. The summed E-state index contributed by atoms with van der Waals surface area (Å²) in [6.07, 6.45) is 0. The third-order valence-corrected chi connectivity index (χ3v) is 7.05. The number of phenolic OH excluding ortho intramolecular Hbond substituents is 1. The minimum atomic E-state index is -4.35. The van der Waals surface area contributed by atoms with Gasteiger partial charge in [-0.2, -0.15) is 8.42 Å². The second-order valence-corrected chi connectivity index (χ2v) is 9.54. The first-order valence-electron chi connectivity index (χ1n) is 9.12. The molecule has 1 amide bonds. The molecule has 0 spiro atoms. The van der Waals surface area contributed by atoms with Gasteiger partial charge in [0, 0.05) is 22.4 Å². The van der Waals surface area contributed by atoms with E-state index in [1.807, 2.05) is 30.3 Å². The van der Waals surface area contributed by atoms with Gasteiger partial charge in [0.15, 0.2) is 0 Å². The van der Waals surface area contributed by atoms with E-state index in [4.69, 9.17) is 23.1 Å². The lowest BCUT2D eigenvalue weighted by atomic mass is 10.2. The maximum absolute atomic E-state index is 13.1. The first-order valence-corrected chi connectivity index (χ1v) is 11.9. The Morgan fingerprint density at radius 3 is 2.44 bits per heavy atom. The smallest absolute Gasteiger partial charge is 0.286 e. The van der Waals surface area contributed by atoms with E-state index >= 15 is 0 Å². The number of halogens is 1. The van der Waals surface area contributed by atoms with Gasteiger partial charge in [-0.15, -0.1) is 16.2 Å². The molecule has 0 unspecified atom stereocenters. The first-order chi connectivity index (χ1) is 15.2. The molecule has 0 atom stereocenters. The van der Waals surface area contributed by atoms with Gasteiger partial charge in [-0.1, -0.05) is 48.0 Å². The molecule has 0 heterocycles. The van der Waals surface area contributed by atoms with Crippen LogP contribution in [0.15, 0.2) is 80.9 Å². The van der Waals surface area contributed by atoms with Crippen molar-refractivity contribution in [3.05, 3.63) is 82.9 Å². The number of carbonyl (C=O) groups is 1. The van der Waals surface area contributed by atoms with E-state index in [0.717, 1.165) is 11.6 Å². The summed E-state index contributed by atoms with van der Waals surface area (Å²) in [7, 11) is -4.35. The second-order valence-electron chi connectivity index (χ2n) is 6.54. The number of sulfonamides is 1. The van der Waals surface area contributed by atoms with Crippen LogP contribution in [0.5, 0.6) is 5.75 Å². The quantitative estimate of drug-likeness (QED) is 0.225. The molecule has 8 nitrogen and oxygen atoms in total. The zero-order chi connectivity index (χ0) is 23.3. The van der Waals surface area contributed by atoms with Crippen LogP contribution in [-0.2, 0) is 15.8 Å². The standard InChI is InChI=1S/C21H19ClN4O4S2/c22-17-11-18(31-12-13-5-2-1-3-6-13)19(10-16(17)20(23)28)32(29,30)26-21(24)25-14-7-4-8-15(27)9-14/h1-11,27H,12H2,(H2,23,28)(H3,24,25,26). The van der Waals surface area contributed by atoms with Crippen LogP contribution in [0.4, 0.5) is 5.69 Å². The van der Waals surface area contributed by atoms with E-state index in [-0.39, 0.29) is 26.1 Å². The lowest BCUT2D eigenvalue weighted by Gasteiger charge is -2.12. The van der Waals surface area contributed by atoms with Crippen LogP contribution >= 0.6 is 23.4 Å². The minimum absolute atomic E-state index is 0.0295. The van der Waals surface area contributed by atoms with Crippen LogP contribution in [0.25, 0.3) is 0 Å². The highest BCUT2D eigenvalue weighted by Gasteiger charge is 2.23. The topological polar surface area (TPSA) is 148 Å². The number of amides is 1. The van der Waals surface area contributed by atoms with Crippen molar-refractivity contribution in [1.29, 1.82) is 0 Å². The molecule has 0 bridgehead atoms. The highest BCUT2D eigenvalue weighted by molar-refractivity contribution is 7.99. The Morgan fingerprint density at radius 1 is 1.06 bits per heavy atom. The van der Waals surface area contributed by atoms with Crippen LogP contribution in [0.1, 0.15) is 15.9 Å². The monoisotopic (exact) mass is 490 g/mol. The molecule has 0 radical (unpaired) electrons. The van der Waals surface area contributed by atoms with Crippen molar-refractivity contribution in [2.75, 3.05) is 5.32 Å². The van der Waals surface area contributed by atoms with Gasteiger partial charge in [-0.05, 0) is 29.8 Å². The SMILES string of the molecule is NC(=O)c1cc(S(=O)(=O)/N=C(\N)Nc2cccc(O)c2)c(SCc2ccccc2)cc1Cl. The van der Waals surface area contributed by atoms with Crippen molar-refractivity contribution in [3.8, 4) is 5.75 Å². The number of aromatic hydroxyl groups is 1. The van der Waals surface area contributed by atoms with Gasteiger partial charge in [0.25, 0.3) is 10.0 Å². The summed E-state index contributed by atoms with van der Waals surface area (Å²) in [5, 5.41) is 12.2. The second kappa shape index (κ2) is 9.94. The van der Waals surface area contributed by atoms with Crippen molar-refractivity contribution in [3.63, 3.8) is 0 Å². The number of phenols is 1. The van der Waals surface area contributed by atoms with Crippen LogP contribution in [-0.4, -0.2) is 25.4 Å². The van der Waals surface area contributed by atoms with Gasteiger partial charge in [0.1, 0.15) is 10.6 Å². The molecule has 3 rings (SSSR count). The zero-order valence-corrected chi connectivity index (χ0v) is 18.9. The van der Waals surface area contributed by atoms with Gasteiger partial charge < -0.3 is 21.9 Å². The molecule has 3 aromatic rings. The molecule has 0 aliphatic heterocycles. The average molecular weight is 491 g/mol. The summed E-state index contributed by atoms with van der Waals surface area (Å²) in [5.74, 6) is -0.878. The van der Waals surface area contributed by atoms with Crippen LogP contribution in [0.2, 0.25) is 5.02 Å². The van der Waals surface area contributed by atoms with Crippen molar-refractivity contribution in [2.24, 2.45) is 15.9 Å². The summed E-state index contributed by atoms with van der Waals surface area (Å²) >= 11 is 7.37. The van der Waals surface area contributed by atoms with E-state index in [1.54, 1.807) is 12.1 Å². The molecule has 11 heteroatoms. The van der Waals surface area contributed by atoms with Crippen molar-refractivity contribution >= 4 is 50.9 Å². The van der Waals surface area contributed by atoms with Gasteiger partial charge in [0.05, 0.1) is 10.6 Å². The molecular formula is C21H19ClN4O4S2. The van der Waals surface area contributed by atoms with Crippen LogP contribution in [0, 0.1) is 0 Å². The lowest BCUT2D eigenvalue weighted by molar-refractivity contribution is 0.1000. The number of hydrogen-bond acceptors (Lipinski definition) is 5. The number of nitrogens with one attached hydrogen (secondary N) is 1. The summed E-state index contributed by atoms with van der Waals surface area (Å²) in [5.41, 5.74) is 12.3. The maximum atomic E-state index is 13.1. The zero-order valence-electron chi connectivity index (χ0n) is 16.5. The molecule has 6 N–H and O–H groups in total. The first kappa shape index (κ1) is 23.5. The summed E-state index contributed by atoms with van der Waals surface area (Å²) in [4.78, 5) is 11.8. The number of hydrogen-bond donors (Lipinski definition) is 4. The molecule has 166 valence electrons. The fourth-order valence-electron chi connectivity index (χ4n) is 2.71. The van der Waals surface area contributed by atoms with E-state index < -0.39 is 21.9 Å². The van der Waals surface area contributed by atoms with E-state index in [0.29, 0.717) is 11.4 Å². The number of guanidine groups is 1. The molecule has 0 aliphatic carbocycles. The largest absolute Gasteiger partial charge is 0.508 e. The van der Waals surface area contributed by atoms with E-state index in [9.17, 15) is 18.3 Å².